The van der Waals surface area contributed by atoms with Gasteiger partial charge in [0.1, 0.15) is 13.2 Å². The molecule has 0 bridgehead atoms. The summed E-state index contributed by atoms with van der Waals surface area (Å²) in [6, 6.07) is 18.2. The van der Waals surface area contributed by atoms with Crippen LogP contribution in [-0.2, 0) is 22.9 Å². The highest BCUT2D eigenvalue weighted by molar-refractivity contribution is 6.05. The summed E-state index contributed by atoms with van der Waals surface area (Å²) >= 11 is 0. The Kier molecular flexibility index (Phi) is 7.68. The monoisotopic (exact) mass is 467 g/mol. The number of para-hydroxylation sites is 2. The van der Waals surface area contributed by atoms with E-state index in [0.717, 1.165) is 0 Å². The molecule has 12 nitrogen and oxygen atoms in total. The van der Waals surface area contributed by atoms with Crippen molar-refractivity contribution in [1.29, 1.82) is 0 Å². The molecule has 0 unspecified atom stereocenters. The van der Waals surface area contributed by atoms with Crippen molar-refractivity contribution in [3.63, 3.8) is 0 Å². The number of carbonyl (C=O) groups excluding carboxylic acids is 2. The maximum Gasteiger partial charge on any atom is 0.343 e. The number of esters is 1. The van der Waals surface area contributed by atoms with Crippen molar-refractivity contribution in [2.45, 2.75) is 13.2 Å². The second kappa shape index (κ2) is 11.0. The van der Waals surface area contributed by atoms with Crippen LogP contribution in [0.4, 0.5) is 5.69 Å². The van der Waals surface area contributed by atoms with Crippen LogP contribution in [-0.4, -0.2) is 22.0 Å². The number of hydrogen-bond acceptors (Lipinski definition) is 9. The van der Waals surface area contributed by atoms with E-state index in [0.29, 0.717) is 11.1 Å². The molecule has 0 aliphatic rings. The summed E-state index contributed by atoms with van der Waals surface area (Å²) in [5, 5.41) is 21.4. The van der Waals surface area contributed by atoms with Gasteiger partial charge in [-0.05, 0) is 47.5 Å². The molecule has 34 heavy (non-hydrogen) atoms. The Hall–Kier alpha value is -5.00. The van der Waals surface area contributed by atoms with Gasteiger partial charge >= 0.3 is 5.97 Å². The number of rotatable bonds is 10. The minimum absolute atomic E-state index is 0.109. The lowest BCUT2D eigenvalue weighted by Gasteiger charge is -2.12. The second-order valence-corrected chi connectivity index (χ2v) is 6.73. The lowest BCUT2D eigenvalue weighted by molar-refractivity contribution is -0.763. The van der Waals surface area contributed by atoms with Gasteiger partial charge in [0.25, 0.3) is 16.1 Å². The van der Waals surface area contributed by atoms with Crippen molar-refractivity contribution in [3.05, 3.63) is 115 Å². The summed E-state index contributed by atoms with van der Waals surface area (Å²) in [4.78, 5) is 54.2. The average Bonchev–Trinajstić information content (AvgIpc) is 2.83. The van der Waals surface area contributed by atoms with Gasteiger partial charge in [-0.1, -0.05) is 36.4 Å². The van der Waals surface area contributed by atoms with Gasteiger partial charge in [0.05, 0.1) is 11.3 Å². The Morgan fingerprint density at radius 2 is 1.24 bits per heavy atom. The average molecular weight is 467 g/mol. The first-order chi connectivity index (χ1) is 16.3. The topological polar surface area (TPSA) is 160 Å². The van der Waals surface area contributed by atoms with Crippen molar-refractivity contribution in [1.82, 2.24) is 0 Å². The normalized spacial score (nSPS) is 10.1. The molecule has 1 amide bonds. The zero-order valence-corrected chi connectivity index (χ0v) is 17.4. The lowest BCUT2D eigenvalue weighted by atomic mass is 10.1. The van der Waals surface area contributed by atoms with Gasteiger partial charge < -0.3 is 19.7 Å². The van der Waals surface area contributed by atoms with E-state index >= 15 is 0 Å². The zero-order chi connectivity index (χ0) is 24.5. The summed E-state index contributed by atoms with van der Waals surface area (Å²) in [6.45, 7) is -0.488. The molecule has 0 aromatic heterocycles. The first-order valence-corrected chi connectivity index (χ1v) is 9.67. The van der Waals surface area contributed by atoms with Gasteiger partial charge in [0, 0.05) is 5.56 Å². The molecule has 3 aromatic rings. The molecular formula is C22H17N3O9. The molecular weight excluding hydrogens is 450 g/mol. The number of ether oxygens (including phenoxy) is 1. The highest BCUT2D eigenvalue weighted by Gasteiger charge is 2.14. The maximum atomic E-state index is 12.6. The molecule has 0 heterocycles. The molecule has 0 saturated heterocycles. The van der Waals surface area contributed by atoms with Crippen molar-refractivity contribution in [3.8, 4) is 5.75 Å². The molecule has 12 heteroatoms. The Morgan fingerprint density at radius 3 is 1.76 bits per heavy atom. The molecule has 0 radical (unpaired) electrons. The zero-order valence-electron chi connectivity index (χ0n) is 17.4. The van der Waals surface area contributed by atoms with Crippen LogP contribution >= 0.6 is 0 Å². The first kappa shape index (κ1) is 23.7. The molecule has 3 rings (SSSR count). The SMILES string of the molecule is O=C(Nc1ccccc1OC(=O)c1ccc(CO[N+](=O)[O-])cc1)c1ccc(CO[N+](=O)[O-])cc1. The smallest absolute Gasteiger partial charge is 0.343 e. The first-order valence-electron chi connectivity index (χ1n) is 9.67. The third kappa shape index (κ3) is 6.75. The summed E-state index contributed by atoms with van der Waals surface area (Å²) in [7, 11) is 0. The largest absolute Gasteiger partial charge is 0.421 e. The van der Waals surface area contributed by atoms with Gasteiger partial charge in [0.2, 0.25) is 0 Å². The summed E-state index contributed by atoms with van der Waals surface area (Å²) in [5.41, 5.74) is 1.73. The molecule has 1 N–H and O–H groups in total. The van der Waals surface area contributed by atoms with E-state index < -0.39 is 22.0 Å². The van der Waals surface area contributed by atoms with E-state index in [2.05, 4.69) is 15.0 Å². The molecule has 0 aliphatic heterocycles. The van der Waals surface area contributed by atoms with E-state index in [-0.39, 0.29) is 35.8 Å². The Balaban J connectivity index is 1.65. The van der Waals surface area contributed by atoms with E-state index in [9.17, 15) is 29.8 Å². The van der Waals surface area contributed by atoms with Gasteiger partial charge in [0.15, 0.2) is 5.75 Å². The lowest BCUT2D eigenvalue weighted by Crippen LogP contribution is -2.15. The fourth-order valence-electron chi connectivity index (χ4n) is 2.76. The van der Waals surface area contributed by atoms with Crippen LogP contribution < -0.4 is 10.1 Å². The predicted molar refractivity (Wildman–Crippen MR) is 116 cm³/mol. The predicted octanol–water partition coefficient (Wildman–Crippen LogP) is 3.57. The van der Waals surface area contributed by atoms with E-state index in [1.165, 1.54) is 54.6 Å². The molecule has 0 spiro atoms. The third-order valence-corrected chi connectivity index (χ3v) is 4.42. The standard InChI is InChI=1S/C22H17N3O9/c26-21(17-9-5-15(6-10-17)13-32-24(28)29)23-19-3-1-2-4-20(19)34-22(27)18-11-7-16(8-12-18)14-33-25(30)31/h1-12H,13-14H2,(H,23,26). The van der Waals surface area contributed by atoms with Crippen LogP contribution in [0.15, 0.2) is 72.8 Å². The number of amides is 1. The minimum atomic E-state index is -0.910. The maximum absolute atomic E-state index is 12.6. The molecule has 0 atom stereocenters. The Labute approximate surface area is 191 Å². The van der Waals surface area contributed by atoms with Crippen molar-refractivity contribution in [2.75, 3.05) is 5.32 Å². The minimum Gasteiger partial charge on any atom is -0.421 e. The second-order valence-electron chi connectivity index (χ2n) is 6.73. The third-order valence-electron chi connectivity index (χ3n) is 4.42. The molecule has 3 aromatic carbocycles. The van der Waals surface area contributed by atoms with Crippen LogP contribution in [0, 0.1) is 20.2 Å². The molecule has 174 valence electrons. The summed E-state index contributed by atoms with van der Waals surface area (Å²) in [5.74, 6) is -1.07. The fourth-order valence-corrected chi connectivity index (χ4v) is 2.76. The highest BCUT2D eigenvalue weighted by Crippen LogP contribution is 2.25. The summed E-state index contributed by atoms with van der Waals surface area (Å²) in [6.07, 6.45) is 0. The number of nitrogens with one attached hydrogen (secondary N) is 1. The van der Waals surface area contributed by atoms with Crippen LogP contribution in [0.25, 0.3) is 0 Å². The summed E-state index contributed by atoms with van der Waals surface area (Å²) < 4.78 is 5.41. The Bertz CT molecular complexity index is 1100. The van der Waals surface area contributed by atoms with Crippen LogP contribution in [0.5, 0.6) is 5.75 Å². The van der Waals surface area contributed by atoms with Gasteiger partial charge in [-0.15, -0.1) is 20.2 Å². The van der Waals surface area contributed by atoms with Gasteiger partial charge in [-0.3, -0.25) is 4.79 Å². The number of nitrogens with zero attached hydrogens (tertiary/aromatic N) is 2. The van der Waals surface area contributed by atoms with Crippen molar-refractivity contribution in [2.24, 2.45) is 0 Å². The quantitative estimate of drug-likeness (QED) is 0.203. The number of anilines is 1. The van der Waals surface area contributed by atoms with E-state index in [4.69, 9.17) is 4.74 Å². The van der Waals surface area contributed by atoms with Crippen molar-refractivity contribution >= 4 is 17.6 Å². The molecule has 0 fully saturated rings. The number of benzene rings is 3. The van der Waals surface area contributed by atoms with E-state index in [1.807, 2.05) is 0 Å². The van der Waals surface area contributed by atoms with Crippen molar-refractivity contribution < 1.29 is 34.2 Å². The molecule has 0 saturated carbocycles. The van der Waals surface area contributed by atoms with Crippen LogP contribution in [0.1, 0.15) is 31.8 Å². The highest BCUT2D eigenvalue weighted by atomic mass is 17.0. The van der Waals surface area contributed by atoms with Gasteiger partial charge in [-0.25, -0.2) is 4.79 Å². The fraction of sp³-hybridized carbons (Fsp3) is 0.0909. The van der Waals surface area contributed by atoms with E-state index in [1.54, 1.807) is 18.2 Å². The van der Waals surface area contributed by atoms with Crippen LogP contribution in [0.3, 0.4) is 0 Å². The Morgan fingerprint density at radius 1 is 0.735 bits per heavy atom. The number of hydrogen-bond donors (Lipinski definition) is 1. The number of carbonyl (C=O) groups is 2. The van der Waals surface area contributed by atoms with Gasteiger partial charge in [-0.2, -0.15) is 0 Å². The molecule has 0 aliphatic carbocycles. The van der Waals surface area contributed by atoms with Crippen LogP contribution in [0.2, 0.25) is 0 Å².